The summed E-state index contributed by atoms with van der Waals surface area (Å²) in [5.41, 5.74) is 1.74. The number of sulfonamides is 1. The van der Waals surface area contributed by atoms with E-state index < -0.39 is 21.8 Å². The largest absolute Gasteiger partial charge is 0.478 e. The molecular formula is C25H30FN3O4S. The highest BCUT2D eigenvalue weighted by atomic mass is 32.2. The molecule has 2 aliphatic heterocycles. The third-order valence-corrected chi connectivity index (χ3v) is 8.13. The van der Waals surface area contributed by atoms with Gasteiger partial charge < -0.3 is 14.9 Å². The zero-order valence-electron chi connectivity index (χ0n) is 19.4. The van der Waals surface area contributed by atoms with Gasteiger partial charge >= 0.3 is 5.97 Å². The maximum atomic E-state index is 14.0. The molecule has 0 aliphatic carbocycles. The molecule has 4 rings (SSSR count). The van der Waals surface area contributed by atoms with Crippen molar-refractivity contribution in [2.75, 3.05) is 35.8 Å². The molecule has 2 heterocycles. The molecule has 7 nitrogen and oxygen atoms in total. The Morgan fingerprint density at radius 1 is 1.26 bits per heavy atom. The molecule has 1 saturated heterocycles. The Labute approximate surface area is 199 Å². The number of nitrogens with zero attached hydrogens (tertiary/aromatic N) is 2. The Bertz CT molecular complexity index is 1220. The van der Waals surface area contributed by atoms with Crippen molar-refractivity contribution >= 4 is 33.4 Å². The lowest BCUT2D eigenvalue weighted by Gasteiger charge is -2.19. The Balaban J connectivity index is 1.68. The van der Waals surface area contributed by atoms with Crippen molar-refractivity contribution in [3.8, 4) is 0 Å². The van der Waals surface area contributed by atoms with Crippen LogP contribution in [0.2, 0.25) is 0 Å². The Hall–Kier alpha value is -2.91. The van der Waals surface area contributed by atoms with Crippen molar-refractivity contribution in [1.82, 2.24) is 4.90 Å². The van der Waals surface area contributed by atoms with Crippen molar-refractivity contribution in [2.45, 2.75) is 44.0 Å². The van der Waals surface area contributed by atoms with Gasteiger partial charge in [0.2, 0.25) is 0 Å². The van der Waals surface area contributed by atoms with Gasteiger partial charge in [0.15, 0.2) is 0 Å². The summed E-state index contributed by atoms with van der Waals surface area (Å²) in [6.45, 7) is 7.21. The average molecular weight is 488 g/mol. The van der Waals surface area contributed by atoms with Gasteiger partial charge in [-0.3, -0.25) is 4.72 Å². The van der Waals surface area contributed by atoms with Crippen molar-refractivity contribution in [3.05, 3.63) is 58.9 Å². The summed E-state index contributed by atoms with van der Waals surface area (Å²) in [6.07, 6.45) is 6.03. The normalized spacial score (nSPS) is 17.4. The molecule has 2 N–H and O–H groups in total. The first-order chi connectivity index (χ1) is 16.2. The maximum Gasteiger partial charge on any atom is 0.338 e. The summed E-state index contributed by atoms with van der Waals surface area (Å²) in [5, 5.41) is 9.95. The summed E-state index contributed by atoms with van der Waals surface area (Å²) in [7, 11) is -4.17. The number of hydrogen-bond donors (Lipinski definition) is 2. The second kappa shape index (κ2) is 9.76. The number of aromatic carboxylic acids is 1. The van der Waals surface area contributed by atoms with Crippen LogP contribution in [0.3, 0.4) is 0 Å². The van der Waals surface area contributed by atoms with E-state index in [4.69, 9.17) is 0 Å². The third kappa shape index (κ3) is 4.67. The second-order valence-electron chi connectivity index (χ2n) is 8.66. The van der Waals surface area contributed by atoms with Gasteiger partial charge in [0.25, 0.3) is 10.0 Å². The lowest BCUT2D eigenvalue weighted by atomic mass is 10.00. The number of carboxylic acids is 1. The fourth-order valence-electron chi connectivity index (χ4n) is 4.95. The highest BCUT2D eigenvalue weighted by molar-refractivity contribution is 7.92. The molecule has 0 unspecified atom stereocenters. The maximum absolute atomic E-state index is 14.0. The summed E-state index contributed by atoms with van der Waals surface area (Å²) in [4.78, 5) is 16.4. The van der Waals surface area contributed by atoms with E-state index in [-0.39, 0.29) is 27.8 Å². The van der Waals surface area contributed by atoms with Crippen LogP contribution in [-0.2, 0) is 16.4 Å². The van der Waals surface area contributed by atoms with Crippen LogP contribution in [0, 0.1) is 5.82 Å². The van der Waals surface area contributed by atoms with Crippen LogP contribution in [0.5, 0.6) is 0 Å². The van der Waals surface area contributed by atoms with Gasteiger partial charge in [-0.25, -0.2) is 17.6 Å². The molecule has 2 aromatic carbocycles. The summed E-state index contributed by atoms with van der Waals surface area (Å²) in [5.74, 6) is -1.72. The molecule has 2 aromatic rings. The molecule has 0 bridgehead atoms. The number of fused-ring (bicyclic) bond motifs is 3. The summed E-state index contributed by atoms with van der Waals surface area (Å²) < 4.78 is 43.1. The van der Waals surface area contributed by atoms with E-state index in [9.17, 15) is 22.7 Å². The number of likely N-dealkylation sites (N-methyl/N-ethyl adjacent to an activating group) is 1. The van der Waals surface area contributed by atoms with Crippen molar-refractivity contribution in [3.63, 3.8) is 0 Å². The number of carboxylic acid groups (broad SMARTS) is 1. The molecule has 9 heteroatoms. The SMILES string of the molecule is CCN(CC)C/C=C\c1cc(F)ccc1S(=O)(=O)Nc1ccc2c(c1C(=O)O)C[C@@H]1CCCN21. The minimum atomic E-state index is -4.17. The molecule has 0 saturated carbocycles. The number of nitrogens with one attached hydrogen (secondary N) is 1. The third-order valence-electron chi connectivity index (χ3n) is 6.69. The van der Waals surface area contributed by atoms with Gasteiger partial charge in [-0.15, -0.1) is 0 Å². The molecule has 0 amide bonds. The van der Waals surface area contributed by atoms with Gasteiger partial charge in [0.05, 0.1) is 16.1 Å². The van der Waals surface area contributed by atoms with Crippen molar-refractivity contribution in [1.29, 1.82) is 0 Å². The van der Waals surface area contributed by atoms with E-state index in [1.807, 2.05) is 13.8 Å². The van der Waals surface area contributed by atoms with Crippen molar-refractivity contribution in [2.24, 2.45) is 0 Å². The van der Waals surface area contributed by atoms with Gasteiger partial charge in [-0.1, -0.05) is 26.0 Å². The molecule has 0 aromatic heterocycles. The van der Waals surface area contributed by atoms with E-state index in [0.717, 1.165) is 44.2 Å². The predicted octanol–water partition coefficient (Wildman–Crippen LogP) is 4.20. The number of rotatable bonds is 9. The molecular weight excluding hydrogens is 457 g/mol. The zero-order valence-corrected chi connectivity index (χ0v) is 20.2. The van der Waals surface area contributed by atoms with Gasteiger partial charge in [0, 0.05) is 24.8 Å². The van der Waals surface area contributed by atoms with Crippen LogP contribution in [0.4, 0.5) is 15.8 Å². The second-order valence-corrected chi connectivity index (χ2v) is 10.3. The fraction of sp³-hybridized carbons (Fsp3) is 0.400. The molecule has 1 atom stereocenters. The Kier molecular flexibility index (Phi) is 6.95. The van der Waals surface area contributed by atoms with Crippen LogP contribution >= 0.6 is 0 Å². The van der Waals surface area contributed by atoms with Crippen LogP contribution < -0.4 is 9.62 Å². The standard InChI is InChI=1S/C25H30FN3O4S/c1-3-28(4-2)13-5-7-17-15-18(26)9-12-23(17)34(32,33)27-21-10-11-22-20(24(21)25(30)31)16-19-8-6-14-29(19)22/h5,7,9-12,15,19,27H,3-4,6,8,13-14,16H2,1-2H3,(H,30,31)/b7-5-/t19-/m0/s1. The molecule has 182 valence electrons. The molecule has 0 spiro atoms. The van der Waals surface area contributed by atoms with E-state index >= 15 is 0 Å². The van der Waals surface area contributed by atoms with Crippen LogP contribution in [0.25, 0.3) is 6.08 Å². The first kappa shape index (κ1) is 24.2. The van der Waals surface area contributed by atoms with Crippen molar-refractivity contribution < 1.29 is 22.7 Å². The van der Waals surface area contributed by atoms with Crippen LogP contribution in [-0.4, -0.2) is 56.6 Å². The lowest BCUT2D eigenvalue weighted by Crippen LogP contribution is -2.24. The van der Waals surface area contributed by atoms with E-state index in [1.54, 1.807) is 18.2 Å². The first-order valence-corrected chi connectivity index (χ1v) is 13.1. The molecule has 34 heavy (non-hydrogen) atoms. The Morgan fingerprint density at radius 2 is 2.03 bits per heavy atom. The number of halogens is 1. The summed E-state index contributed by atoms with van der Waals surface area (Å²) in [6, 6.07) is 7.03. The number of hydrogen-bond acceptors (Lipinski definition) is 5. The molecule has 1 fully saturated rings. The van der Waals surface area contributed by atoms with Crippen LogP contribution in [0.1, 0.15) is 48.2 Å². The smallest absolute Gasteiger partial charge is 0.338 e. The minimum absolute atomic E-state index is 0.0174. The van der Waals surface area contributed by atoms with Gasteiger partial charge in [0.1, 0.15) is 5.82 Å². The monoisotopic (exact) mass is 487 g/mol. The number of anilines is 2. The highest BCUT2D eigenvalue weighted by Crippen LogP contribution is 2.42. The number of carbonyl (C=O) groups is 1. The Morgan fingerprint density at radius 3 is 2.74 bits per heavy atom. The van der Waals surface area contributed by atoms with E-state index in [0.29, 0.717) is 18.5 Å². The van der Waals surface area contributed by atoms with Gasteiger partial charge in [-0.2, -0.15) is 0 Å². The molecule has 0 radical (unpaired) electrons. The average Bonchev–Trinajstić information content (AvgIpc) is 3.37. The fourth-order valence-corrected chi connectivity index (χ4v) is 6.20. The molecule has 2 aliphatic rings. The topological polar surface area (TPSA) is 90.0 Å². The highest BCUT2D eigenvalue weighted by Gasteiger charge is 2.37. The zero-order chi connectivity index (χ0) is 24.5. The quantitative estimate of drug-likeness (QED) is 0.551. The first-order valence-electron chi connectivity index (χ1n) is 11.6. The van der Waals surface area contributed by atoms with Crippen LogP contribution in [0.15, 0.2) is 41.3 Å². The summed E-state index contributed by atoms with van der Waals surface area (Å²) >= 11 is 0. The minimum Gasteiger partial charge on any atom is -0.478 e. The predicted molar refractivity (Wildman–Crippen MR) is 132 cm³/mol. The number of benzene rings is 2. The van der Waals surface area contributed by atoms with Gasteiger partial charge in [-0.05, 0) is 73.8 Å². The lowest BCUT2D eigenvalue weighted by molar-refractivity contribution is 0.0697. The van der Waals surface area contributed by atoms with E-state index in [2.05, 4.69) is 14.5 Å². The van der Waals surface area contributed by atoms with E-state index in [1.165, 1.54) is 18.2 Å².